The molecule has 0 bridgehead atoms. The number of furan rings is 1. The Kier molecular flexibility index (Phi) is 5.57. The number of hydrogen-bond acceptors (Lipinski definition) is 3. The summed E-state index contributed by atoms with van der Waals surface area (Å²) in [5.74, 6) is -0.0205. The maximum Gasteiger partial charge on any atom is 0.271 e. The summed E-state index contributed by atoms with van der Waals surface area (Å²) in [5, 5.41) is 3.38. The molecule has 0 saturated heterocycles. The van der Waals surface area contributed by atoms with Crippen molar-refractivity contribution in [2.75, 3.05) is 0 Å². The Balaban J connectivity index is 1.48. The molecule has 1 aliphatic heterocycles. The van der Waals surface area contributed by atoms with Crippen molar-refractivity contribution in [2.45, 2.75) is 108 Å². The van der Waals surface area contributed by atoms with Crippen molar-refractivity contribution in [2.24, 2.45) is 0 Å². The molecule has 1 unspecified atom stereocenters. The molecule has 2 saturated carbocycles. The van der Waals surface area contributed by atoms with Crippen LogP contribution in [0.5, 0.6) is 0 Å². The average Bonchev–Trinajstić information content (AvgIpc) is 3.33. The number of carbonyl (C=O) groups is 2. The van der Waals surface area contributed by atoms with E-state index in [-0.39, 0.29) is 23.9 Å². The van der Waals surface area contributed by atoms with Gasteiger partial charge in [-0.05, 0) is 32.6 Å². The molecule has 2 amide bonds. The highest BCUT2D eigenvalue weighted by molar-refractivity contribution is 6.03. The van der Waals surface area contributed by atoms with Gasteiger partial charge in [0.25, 0.3) is 5.91 Å². The normalized spacial score (nSPS) is 26.5. The second-order valence-electron chi connectivity index (χ2n) is 10.0. The lowest BCUT2D eigenvalue weighted by Crippen LogP contribution is -2.67. The van der Waals surface area contributed by atoms with Crippen LogP contribution < -0.4 is 5.32 Å². The van der Waals surface area contributed by atoms with Gasteiger partial charge in [0.1, 0.15) is 11.2 Å². The predicted molar refractivity (Wildman–Crippen MR) is 120 cm³/mol. The van der Waals surface area contributed by atoms with Gasteiger partial charge in [-0.1, -0.05) is 51.4 Å². The molecule has 2 aromatic heterocycles. The summed E-state index contributed by atoms with van der Waals surface area (Å²) in [7, 11) is 0. The minimum atomic E-state index is -0.891. The van der Waals surface area contributed by atoms with E-state index in [1.807, 2.05) is 28.5 Å². The predicted octanol–water partition coefficient (Wildman–Crippen LogP) is 5.01. The third-order valence-corrected chi connectivity index (χ3v) is 7.83. The van der Waals surface area contributed by atoms with Crippen LogP contribution in [0.4, 0.5) is 0 Å². The fourth-order valence-corrected chi connectivity index (χ4v) is 6.09. The van der Waals surface area contributed by atoms with Crippen LogP contribution in [0.2, 0.25) is 0 Å². The number of aromatic nitrogens is 1. The highest BCUT2D eigenvalue weighted by atomic mass is 16.3. The van der Waals surface area contributed by atoms with Crippen molar-refractivity contribution in [3.63, 3.8) is 0 Å². The van der Waals surface area contributed by atoms with Crippen LogP contribution in [0.3, 0.4) is 0 Å². The summed E-state index contributed by atoms with van der Waals surface area (Å²) in [6, 6.07) is 4.09. The van der Waals surface area contributed by atoms with Crippen LogP contribution >= 0.6 is 0 Å². The molecular weight excluding hydrogens is 390 g/mol. The van der Waals surface area contributed by atoms with E-state index in [0.29, 0.717) is 12.2 Å². The monoisotopic (exact) mass is 425 g/mol. The smallest absolute Gasteiger partial charge is 0.271 e. The second kappa shape index (κ2) is 8.36. The molecular formula is C25H35N3O3. The van der Waals surface area contributed by atoms with Gasteiger partial charge in [-0.15, -0.1) is 0 Å². The Morgan fingerprint density at radius 1 is 1.03 bits per heavy atom. The van der Waals surface area contributed by atoms with Crippen LogP contribution in [0.25, 0.3) is 11.1 Å². The first-order valence-corrected chi connectivity index (χ1v) is 12.3. The van der Waals surface area contributed by atoms with Crippen LogP contribution in [-0.4, -0.2) is 38.9 Å². The molecule has 31 heavy (non-hydrogen) atoms. The lowest BCUT2D eigenvalue weighted by molar-refractivity contribution is -0.135. The third kappa shape index (κ3) is 3.68. The van der Waals surface area contributed by atoms with Crippen LogP contribution in [0.1, 0.15) is 94.5 Å². The number of amides is 2. The van der Waals surface area contributed by atoms with Crippen LogP contribution in [0, 0.1) is 0 Å². The van der Waals surface area contributed by atoms with E-state index in [1.165, 1.54) is 38.5 Å². The molecule has 2 aliphatic carbocycles. The van der Waals surface area contributed by atoms with E-state index >= 15 is 0 Å². The lowest BCUT2D eigenvalue weighted by Gasteiger charge is -2.49. The zero-order chi connectivity index (χ0) is 21.4. The fourth-order valence-electron chi connectivity index (χ4n) is 6.09. The van der Waals surface area contributed by atoms with Crippen molar-refractivity contribution < 1.29 is 14.0 Å². The van der Waals surface area contributed by atoms with E-state index in [2.05, 4.69) is 5.32 Å². The highest BCUT2D eigenvalue weighted by Crippen LogP contribution is 2.37. The Morgan fingerprint density at radius 3 is 2.42 bits per heavy atom. The van der Waals surface area contributed by atoms with Crippen LogP contribution in [0.15, 0.2) is 22.8 Å². The molecule has 3 heterocycles. The number of rotatable bonds is 3. The zero-order valence-electron chi connectivity index (χ0n) is 18.7. The molecule has 168 valence electrons. The van der Waals surface area contributed by atoms with Crippen molar-refractivity contribution >= 4 is 22.9 Å². The number of fused-ring (bicyclic) bond motifs is 3. The van der Waals surface area contributed by atoms with Gasteiger partial charge in [-0.25, -0.2) is 0 Å². The van der Waals surface area contributed by atoms with Crippen molar-refractivity contribution in [3.05, 3.63) is 24.1 Å². The molecule has 1 N–H and O–H groups in total. The first-order chi connectivity index (χ1) is 15.1. The van der Waals surface area contributed by atoms with Gasteiger partial charge in [0, 0.05) is 24.2 Å². The Hall–Kier alpha value is -2.24. The number of hydrogen-bond donors (Lipinski definition) is 1. The quantitative estimate of drug-likeness (QED) is 0.752. The number of carbonyl (C=O) groups excluding carboxylic acids is 2. The molecule has 0 aromatic carbocycles. The highest BCUT2D eigenvalue weighted by Gasteiger charge is 2.51. The molecule has 5 rings (SSSR count). The van der Waals surface area contributed by atoms with Gasteiger partial charge in [-0.3, -0.25) is 9.59 Å². The van der Waals surface area contributed by atoms with Gasteiger partial charge in [0.05, 0.1) is 18.3 Å². The summed E-state index contributed by atoms with van der Waals surface area (Å²) in [5.41, 5.74) is 1.38. The lowest BCUT2D eigenvalue weighted by atomic mass is 9.86. The van der Waals surface area contributed by atoms with Gasteiger partial charge >= 0.3 is 0 Å². The topological polar surface area (TPSA) is 67.5 Å². The molecule has 0 spiro atoms. The van der Waals surface area contributed by atoms with E-state index in [1.54, 1.807) is 6.26 Å². The van der Waals surface area contributed by atoms with Gasteiger partial charge in [-0.2, -0.15) is 0 Å². The SMILES string of the molecule is CC1(C(=O)NC2CCCCCCC2)Cn2c(cc3occc32)C(=O)N1C1CCCCC1. The Morgan fingerprint density at radius 2 is 1.68 bits per heavy atom. The summed E-state index contributed by atoms with van der Waals surface area (Å²) in [4.78, 5) is 29.6. The standard InChI is InChI=1S/C25H35N3O3/c1-25(24(30)26-18-10-6-3-2-4-7-11-18)17-27-20-14-15-31-22(20)16-21(27)23(29)28(25)19-12-8-5-9-13-19/h14-16,18-19H,2-13,17H2,1H3,(H,26,30). The summed E-state index contributed by atoms with van der Waals surface area (Å²) < 4.78 is 7.58. The van der Waals surface area contributed by atoms with Gasteiger partial charge in [0.15, 0.2) is 5.58 Å². The van der Waals surface area contributed by atoms with Crippen LogP contribution in [-0.2, 0) is 11.3 Å². The number of nitrogens with one attached hydrogen (secondary N) is 1. The maximum absolute atomic E-state index is 13.8. The maximum atomic E-state index is 13.8. The Labute approximate surface area is 184 Å². The first kappa shape index (κ1) is 20.7. The van der Waals surface area contributed by atoms with E-state index < -0.39 is 5.54 Å². The van der Waals surface area contributed by atoms with Crippen molar-refractivity contribution in [1.82, 2.24) is 14.8 Å². The second-order valence-corrected chi connectivity index (χ2v) is 10.0. The fraction of sp³-hybridized carbons (Fsp3) is 0.680. The number of nitrogens with zero attached hydrogens (tertiary/aromatic N) is 2. The summed E-state index contributed by atoms with van der Waals surface area (Å²) >= 11 is 0. The van der Waals surface area contributed by atoms with E-state index in [9.17, 15) is 9.59 Å². The molecule has 3 aliphatic rings. The largest absolute Gasteiger partial charge is 0.463 e. The molecule has 0 radical (unpaired) electrons. The third-order valence-electron chi connectivity index (χ3n) is 7.83. The minimum Gasteiger partial charge on any atom is -0.463 e. The first-order valence-electron chi connectivity index (χ1n) is 12.3. The van der Waals surface area contributed by atoms with E-state index in [0.717, 1.165) is 49.6 Å². The van der Waals surface area contributed by atoms with Crippen molar-refractivity contribution in [1.29, 1.82) is 0 Å². The molecule has 1 atom stereocenters. The van der Waals surface area contributed by atoms with E-state index in [4.69, 9.17) is 4.42 Å². The molecule has 2 fully saturated rings. The minimum absolute atomic E-state index is 0.00740. The van der Waals surface area contributed by atoms with Gasteiger partial charge < -0.3 is 19.2 Å². The van der Waals surface area contributed by atoms with Gasteiger partial charge in [0.2, 0.25) is 5.91 Å². The van der Waals surface area contributed by atoms with Crippen molar-refractivity contribution in [3.8, 4) is 0 Å². The average molecular weight is 426 g/mol. The molecule has 2 aromatic rings. The zero-order valence-corrected chi connectivity index (χ0v) is 18.7. The molecule has 6 nitrogen and oxygen atoms in total. The summed E-state index contributed by atoms with van der Waals surface area (Å²) in [6.45, 7) is 2.46. The Bertz CT molecular complexity index is 947. The molecule has 6 heteroatoms. The summed E-state index contributed by atoms with van der Waals surface area (Å²) in [6.07, 6.45) is 15.3.